The Hall–Kier alpha value is -1.97. The summed E-state index contributed by atoms with van der Waals surface area (Å²) in [5.74, 6) is 1.22. The van der Waals surface area contributed by atoms with Crippen LogP contribution in [0.3, 0.4) is 0 Å². The maximum absolute atomic E-state index is 7.53. The molecule has 8 rings (SSSR count). The molecular formula is C32H38N2O. The van der Waals surface area contributed by atoms with Crippen LogP contribution in [0, 0.1) is 11.3 Å². The first-order valence-electron chi connectivity index (χ1n) is 14.3. The minimum absolute atomic E-state index is 0.0216. The molecule has 35 heavy (non-hydrogen) atoms. The van der Waals surface area contributed by atoms with E-state index in [1.54, 1.807) is 11.1 Å². The van der Waals surface area contributed by atoms with E-state index >= 15 is 0 Å². The summed E-state index contributed by atoms with van der Waals surface area (Å²) in [5, 5.41) is 2.57. The molecule has 182 valence electrons. The zero-order valence-electron chi connectivity index (χ0n) is 21.1. The lowest BCUT2D eigenvalue weighted by Crippen LogP contribution is -2.55. The summed E-state index contributed by atoms with van der Waals surface area (Å²) >= 11 is 0. The fourth-order valence-electron chi connectivity index (χ4n) is 9.67. The first-order chi connectivity index (χ1) is 17.1. The van der Waals surface area contributed by atoms with Gasteiger partial charge >= 0.3 is 0 Å². The first kappa shape index (κ1) is 21.1. The van der Waals surface area contributed by atoms with Crippen molar-refractivity contribution in [3.63, 3.8) is 0 Å². The van der Waals surface area contributed by atoms with Gasteiger partial charge in [-0.2, -0.15) is 0 Å². The van der Waals surface area contributed by atoms with Crippen LogP contribution in [0.15, 0.2) is 60.0 Å². The molecule has 2 saturated carbocycles. The Bertz CT molecular complexity index is 1260. The smallest absolute Gasteiger partial charge is 0.0974 e. The molecule has 6 aliphatic rings. The van der Waals surface area contributed by atoms with Crippen molar-refractivity contribution in [2.24, 2.45) is 11.3 Å². The average molecular weight is 467 g/mol. The molecule has 2 saturated heterocycles. The highest BCUT2D eigenvalue weighted by Crippen LogP contribution is 2.69. The van der Waals surface area contributed by atoms with E-state index in [2.05, 4.69) is 53.2 Å². The van der Waals surface area contributed by atoms with Crippen molar-refractivity contribution < 1.29 is 4.74 Å². The number of nitrogens with zero attached hydrogens (tertiary/aromatic N) is 2. The fraction of sp³-hybridized carbons (Fsp3) is 0.594. The van der Waals surface area contributed by atoms with Gasteiger partial charge in [0.05, 0.1) is 11.2 Å². The van der Waals surface area contributed by atoms with Crippen LogP contribution in [0.1, 0.15) is 82.6 Å². The van der Waals surface area contributed by atoms with Crippen LogP contribution in [0.25, 0.3) is 10.8 Å². The van der Waals surface area contributed by atoms with E-state index in [1.165, 1.54) is 93.6 Å². The van der Waals surface area contributed by atoms with Gasteiger partial charge in [0.15, 0.2) is 0 Å². The van der Waals surface area contributed by atoms with Crippen LogP contribution in [0.2, 0.25) is 0 Å². The predicted molar refractivity (Wildman–Crippen MR) is 140 cm³/mol. The second-order valence-electron chi connectivity index (χ2n) is 12.8. The quantitative estimate of drug-likeness (QED) is 0.479. The van der Waals surface area contributed by atoms with E-state index in [0.29, 0.717) is 11.8 Å². The molecule has 0 N–H and O–H groups in total. The first-order valence-corrected chi connectivity index (χ1v) is 14.3. The van der Waals surface area contributed by atoms with Crippen molar-refractivity contribution in [1.82, 2.24) is 9.88 Å². The van der Waals surface area contributed by atoms with Crippen LogP contribution in [-0.2, 0) is 4.74 Å². The number of benzene rings is 1. The molecule has 3 heteroatoms. The van der Waals surface area contributed by atoms with Crippen molar-refractivity contribution in [1.29, 1.82) is 0 Å². The average Bonchev–Trinajstić information content (AvgIpc) is 3.60. The third-order valence-corrected chi connectivity index (χ3v) is 11.4. The summed E-state index contributed by atoms with van der Waals surface area (Å²) in [6.45, 7) is 5.20. The monoisotopic (exact) mass is 466 g/mol. The highest BCUT2D eigenvalue weighted by atomic mass is 16.5. The molecule has 6 atom stereocenters. The van der Waals surface area contributed by atoms with Gasteiger partial charge in [-0.15, -0.1) is 0 Å². The standard InChI is InChI=1S/C32H38N2O/c1-30-12-10-26-19-25-6-7-27(34-16-2-3-17-34)20-31(25)13-14-32(26,35-31)29(30)9-8-28(30)23-5-4-22-11-15-33-21-24(22)18-23/h4-5,10-11,15,18-19,21,27-29H,2-3,6-9,12-14,16-17,20H2,1H3/t27?,28?,29-,30+,31-,32-/m1/s1. The summed E-state index contributed by atoms with van der Waals surface area (Å²) in [6, 6.07) is 9.99. The zero-order chi connectivity index (χ0) is 23.3. The number of ether oxygens (including phenoxy) is 1. The van der Waals surface area contributed by atoms with E-state index in [9.17, 15) is 0 Å². The topological polar surface area (TPSA) is 25.4 Å². The lowest BCUT2D eigenvalue weighted by atomic mass is 9.58. The Labute approximate surface area is 209 Å². The van der Waals surface area contributed by atoms with E-state index in [4.69, 9.17) is 4.74 Å². The summed E-state index contributed by atoms with van der Waals surface area (Å²) in [7, 11) is 0. The Morgan fingerprint density at radius 1 is 1.03 bits per heavy atom. The van der Waals surface area contributed by atoms with E-state index in [0.717, 1.165) is 6.04 Å². The maximum atomic E-state index is 7.53. The lowest BCUT2D eigenvalue weighted by Gasteiger charge is -2.55. The third-order valence-electron chi connectivity index (χ3n) is 11.4. The molecule has 3 aliphatic heterocycles. The lowest BCUT2D eigenvalue weighted by molar-refractivity contribution is -0.140. The molecular weight excluding hydrogens is 428 g/mol. The number of aromatic nitrogens is 1. The van der Waals surface area contributed by atoms with Crippen LogP contribution >= 0.6 is 0 Å². The number of hydrogen-bond donors (Lipinski definition) is 0. The molecule has 2 spiro atoms. The van der Waals surface area contributed by atoms with Crippen molar-refractivity contribution in [2.45, 2.75) is 94.3 Å². The normalized spacial score (nSPS) is 42.4. The number of rotatable bonds is 2. The summed E-state index contributed by atoms with van der Waals surface area (Å²) in [5.41, 5.74) is 4.93. The second-order valence-corrected chi connectivity index (χ2v) is 12.8. The van der Waals surface area contributed by atoms with Crippen LogP contribution in [0.4, 0.5) is 0 Å². The van der Waals surface area contributed by atoms with Gasteiger partial charge in [0.25, 0.3) is 0 Å². The summed E-state index contributed by atoms with van der Waals surface area (Å²) < 4.78 is 7.53. The molecule has 0 amide bonds. The van der Waals surface area contributed by atoms with Gasteiger partial charge in [0, 0.05) is 23.8 Å². The van der Waals surface area contributed by atoms with E-state index in [-0.39, 0.29) is 16.6 Å². The fourth-order valence-corrected chi connectivity index (χ4v) is 9.67. The van der Waals surface area contributed by atoms with Crippen LogP contribution < -0.4 is 0 Å². The maximum Gasteiger partial charge on any atom is 0.0974 e. The van der Waals surface area contributed by atoms with E-state index < -0.39 is 0 Å². The molecule has 2 bridgehead atoms. The Kier molecular flexibility index (Phi) is 4.41. The number of hydrogen-bond acceptors (Lipinski definition) is 3. The molecule has 0 radical (unpaired) electrons. The predicted octanol–water partition coefficient (Wildman–Crippen LogP) is 6.94. The molecule has 1 aromatic carbocycles. The molecule has 4 fully saturated rings. The van der Waals surface area contributed by atoms with E-state index in [1.807, 2.05) is 12.4 Å². The Morgan fingerprint density at radius 2 is 1.94 bits per heavy atom. The minimum Gasteiger partial charge on any atom is -0.359 e. The van der Waals surface area contributed by atoms with Crippen molar-refractivity contribution in [3.05, 3.63) is 65.5 Å². The SMILES string of the molecule is C[C@@]12CC=C3C=C4CCC(N5CCCC5)C[C@]45CC[C@]3(O5)[C@@H]1CCC2c1ccc2ccncc2c1. The number of likely N-dealkylation sites (tertiary alicyclic amines) is 1. The molecule has 1 aromatic heterocycles. The molecule has 3 nitrogen and oxygen atoms in total. The van der Waals surface area contributed by atoms with Gasteiger partial charge in [-0.1, -0.05) is 31.2 Å². The second kappa shape index (κ2) is 7.29. The van der Waals surface area contributed by atoms with Gasteiger partial charge in [0.1, 0.15) is 0 Å². The Morgan fingerprint density at radius 3 is 2.86 bits per heavy atom. The van der Waals surface area contributed by atoms with Crippen LogP contribution in [0.5, 0.6) is 0 Å². The third kappa shape index (κ3) is 2.83. The van der Waals surface area contributed by atoms with Gasteiger partial charge in [-0.05, 0) is 129 Å². The minimum atomic E-state index is -0.0451. The van der Waals surface area contributed by atoms with Crippen LogP contribution in [-0.4, -0.2) is 40.2 Å². The molecule has 4 heterocycles. The Balaban J connectivity index is 1.15. The van der Waals surface area contributed by atoms with Gasteiger partial charge in [-0.25, -0.2) is 0 Å². The highest BCUT2D eigenvalue weighted by molar-refractivity contribution is 5.82. The number of pyridine rings is 1. The molecule has 3 aliphatic carbocycles. The summed E-state index contributed by atoms with van der Waals surface area (Å²) in [4.78, 5) is 7.18. The largest absolute Gasteiger partial charge is 0.359 e. The van der Waals surface area contributed by atoms with Crippen molar-refractivity contribution >= 4 is 10.8 Å². The zero-order valence-corrected chi connectivity index (χ0v) is 21.1. The van der Waals surface area contributed by atoms with Gasteiger partial charge in [-0.3, -0.25) is 4.98 Å². The van der Waals surface area contributed by atoms with Gasteiger partial charge < -0.3 is 9.64 Å². The van der Waals surface area contributed by atoms with Crippen molar-refractivity contribution in [3.8, 4) is 0 Å². The summed E-state index contributed by atoms with van der Waals surface area (Å²) in [6.07, 6.45) is 22.0. The van der Waals surface area contributed by atoms with Gasteiger partial charge in [0.2, 0.25) is 0 Å². The number of fused-ring (bicyclic) bond motifs is 2. The highest BCUT2D eigenvalue weighted by Gasteiger charge is 2.66. The van der Waals surface area contributed by atoms with Crippen molar-refractivity contribution in [2.75, 3.05) is 13.1 Å². The number of allylic oxidation sites excluding steroid dienone is 1. The molecule has 2 unspecified atom stereocenters. The molecule has 2 aromatic rings.